The van der Waals surface area contributed by atoms with Crippen LogP contribution >= 0.6 is 0 Å². The maximum absolute atomic E-state index is 9.81. The zero-order valence-corrected chi connectivity index (χ0v) is 5.15. The first-order valence-corrected chi connectivity index (χ1v) is 2.65. The molecule has 1 aromatic rings. The van der Waals surface area contributed by atoms with Crippen LogP contribution in [-0.2, 0) is 4.79 Å². The van der Waals surface area contributed by atoms with E-state index in [2.05, 4.69) is 9.72 Å². The maximum Gasteiger partial charge on any atom is 0.299 e. The molecule has 1 rings (SSSR count). The normalized spacial score (nSPS) is 8.80. The number of anilines is 1. The van der Waals surface area contributed by atoms with Crippen LogP contribution in [0.3, 0.4) is 0 Å². The summed E-state index contributed by atoms with van der Waals surface area (Å²) < 4.78 is 4.42. The highest BCUT2D eigenvalue weighted by molar-refractivity contribution is 5.53. The fourth-order valence-electron chi connectivity index (χ4n) is 0.547. The molecule has 2 N–H and O–H groups in total. The molecule has 0 aliphatic rings. The van der Waals surface area contributed by atoms with Crippen molar-refractivity contribution in [1.82, 2.24) is 4.98 Å². The summed E-state index contributed by atoms with van der Waals surface area (Å²) in [5.41, 5.74) is 5.72. The highest BCUT2D eigenvalue weighted by atomic mass is 16.5. The number of nitrogens with zero attached hydrogens (tertiary/aromatic N) is 1. The molecule has 0 saturated heterocycles. The topological polar surface area (TPSA) is 65.2 Å². The van der Waals surface area contributed by atoms with Crippen LogP contribution in [0.1, 0.15) is 0 Å². The molecular formula is C6H6N2O2. The smallest absolute Gasteiger partial charge is 0.299 e. The summed E-state index contributed by atoms with van der Waals surface area (Å²) in [6, 6.07) is 3.26. The number of pyridine rings is 1. The highest BCUT2D eigenvalue weighted by Crippen LogP contribution is 2.14. The number of rotatable bonds is 2. The second-order valence-electron chi connectivity index (χ2n) is 1.61. The van der Waals surface area contributed by atoms with E-state index < -0.39 is 0 Å². The van der Waals surface area contributed by atoms with E-state index in [0.29, 0.717) is 12.2 Å². The molecule has 0 aliphatic carbocycles. The Balaban J connectivity index is 2.91. The molecule has 10 heavy (non-hydrogen) atoms. The lowest BCUT2D eigenvalue weighted by Gasteiger charge is -1.97. The van der Waals surface area contributed by atoms with Crippen molar-refractivity contribution in [2.75, 3.05) is 5.73 Å². The molecule has 52 valence electrons. The Morgan fingerprint density at radius 2 is 2.50 bits per heavy atom. The molecule has 0 spiro atoms. The van der Waals surface area contributed by atoms with E-state index in [1.165, 1.54) is 6.20 Å². The van der Waals surface area contributed by atoms with Crippen LogP contribution < -0.4 is 10.5 Å². The quantitative estimate of drug-likeness (QED) is 0.593. The minimum Gasteiger partial charge on any atom is -0.407 e. The molecule has 0 unspecified atom stereocenters. The third kappa shape index (κ3) is 1.22. The molecule has 0 aliphatic heterocycles. The van der Waals surface area contributed by atoms with E-state index in [0.717, 1.165) is 0 Å². The van der Waals surface area contributed by atoms with Crippen molar-refractivity contribution in [2.45, 2.75) is 0 Å². The third-order valence-electron chi connectivity index (χ3n) is 0.960. The molecule has 0 aromatic carbocycles. The first kappa shape index (κ1) is 6.54. The van der Waals surface area contributed by atoms with E-state index in [1.807, 2.05) is 0 Å². The number of carbonyl (C=O) groups is 1. The number of aromatic nitrogens is 1. The number of carbonyl (C=O) groups excluding carboxylic acids is 1. The lowest BCUT2D eigenvalue weighted by atomic mass is 10.4. The van der Waals surface area contributed by atoms with E-state index in [-0.39, 0.29) is 5.88 Å². The fourth-order valence-corrected chi connectivity index (χ4v) is 0.547. The van der Waals surface area contributed by atoms with Gasteiger partial charge in [-0.3, -0.25) is 4.79 Å². The average molecular weight is 138 g/mol. The van der Waals surface area contributed by atoms with Crippen molar-refractivity contribution in [3.05, 3.63) is 18.3 Å². The van der Waals surface area contributed by atoms with Crippen molar-refractivity contribution in [3.63, 3.8) is 0 Å². The Bertz CT molecular complexity index is 237. The molecule has 1 aromatic heterocycles. The van der Waals surface area contributed by atoms with Gasteiger partial charge < -0.3 is 10.5 Å². The van der Waals surface area contributed by atoms with E-state index >= 15 is 0 Å². The first-order valence-electron chi connectivity index (χ1n) is 2.65. The van der Waals surface area contributed by atoms with Gasteiger partial charge in [-0.15, -0.1) is 0 Å². The Morgan fingerprint density at radius 3 is 3.10 bits per heavy atom. The summed E-state index contributed by atoms with van der Waals surface area (Å²) in [5, 5.41) is 0. The maximum atomic E-state index is 9.81. The van der Waals surface area contributed by atoms with Gasteiger partial charge in [0.15, 0.2) is 0 Å². The van der Waals surface area contributed by atoms with Gasteiger partial charge in [-0.1, -0.05) is 0 Å². The first-order chi connectivity index (χ1) is 4.84. The third-order valence-corrected chi connectivity index (χ3v) is 0.960. The molecule has 0 atom stereocenters. The van der Waals surface area contributed by atoms with Gasteiger partial charge in [-0.25, -0.2) is 4.98 Å². The minimum absolute atomic E-state index is 0.150. The molecule has 0 bridgehead atoms. The number of nitrogens with two attached hydrogens (primary N) is 1. The van der Waals surface area contributed by atoms with E-state index in [4.69, 9.17) is 5.73 Å². The predicted molar refractivity (Wildman–Crippen MR) is 35.3 cm³/mol. The molecule has 1 heterocycles. The molecule has 0 radical (unpaired) electrons. The minimum atomic E-state index is 0.150. The Labute approximate surface area is 57.6 Å². The Hall–Kier alpha value is -1.58. The van der Waals surface area contributed by atoms with Gasteiger partial charge in [0, 0.05) is 6.20 Å². The van der Waals surface area contributed by atoms with Gasteiger partial charge in [0.1, 0.15) is 0 Å². The summed E-state index contributed by atoms with van der Waals surface area (Å²) in [5.74, 6) is 0.150. The highest BCUT2D eigenvalue weighted by Gasteiger charge is 1.96. The summed E-state index contributed by atoms with van der Waals surface area (Å²) in [7, 11) is 0. The van der Waals surface area contributed by atoms with Gasteiger partial charge in [-0.05, 0) is 12.1 Å². The number of hydrogen-bond acceptors (Lipinski definition) is 4. The van der Waals surface area contributed by atoms with Crippen molar-refractivity contribution in [1.29, 1.82) is 0 Å². The number of nitrogen functional groups attached to an aromatic ring is 1. The second-order valence-corrected chi connectivity index (χ2v) is 1.61. The van der Waals surface area contributed by atoms with Crippen LogP contribution in [0.25, 0.3) is 0 Å². The van der Waals surface area contributed by atoms with Crippen molar-refractivity contribution in [2.24, 2.45) is 0 Å². The van der Waals surface area contributed by atoms with Crippen LogP contribution in [0.15, 0.2) is 18.3 Å². The molecule has 0 amide bonds. The average Bonchev–Trinajstić information content (AvgIpc) is 1.94. The number of hydrogen-bond donors (Lipinski definition) is 1. The molecule has 4 heteroatoms. The van der Waals surface area contributed by atoms with Gasteiger partial charge >= 0.3 is 0 Å². The van der Waals surface area contributed by atoms with E-state index in [9.17, 15) is 4.79 Å². The van der Waals surface area contributed by atoms with Crippen LogP contribution in [0.2, 0.25) is 0 Å². The molecule has 0 saturated carbocycles. The van der Waals surface area contributed by atoms with Crippen LogP contribution in [-0.4, -0.2) is 11.5 Å². The largest absolute Gasteiger partial charge is 0.407 e. The lowest BCUT2D eigenvalue weighted by Crippen LogP contribution is -1.96. The van der Waals surface area contributed by atoms with Gasteiger partial charge in [0.25, 0.3) is 6.47 Å². The van der Waals surface area contributed by atoms with Crippen molar-refractivity contribution in [3.8, 4) is 5.88 Å². The van der Waals surface area contributed by atoms with Crippen LogP contribution in [0.5, 0.6) is 5.88 Å². The standard InChI is InChI=1S/C6H6N2O2/c7-5-2-1-3-8-6(5)10-4-9/h1-4H,7H2. The zero-order valence-electron chi connectivity index (χ0n) is 5.15. The SMILES string of the molecule is Nc1cccnc1OC=O. The lowest BCUT2D eigenvalue weighted by molar-refractivity contribution is -0.120. The Kier molecular flexibility index (Phi) is 1.84. The zero-order chi connectivity index (χ0) is 7.40. The van der Waals surface area contributed by atoms with Gasteiger partial charge in [0.05, 0.1) is 5.69 Å². The predicted octanol–water partition coefficient (Wildman–Crippen LogP) is 0.199. The van der Waals surface area contributed by atoms with Crippen molar-refractivity contribution >= 4 is 12.2 Å². The summed E-state index contributed by atoms with van der Waals surface area (Å²) in [6.07, 6.45) is 1.50. The summed E-state index contributed by atoms with van der Waals surface area (Å²) >= 11 is 0. The molecule has 4 nitrogen and oxygen atoms in total. The van der Waals surface area contributed by atoms with Crippen molar-refractivity contribution < 1.29 is 9.53 Å². The van der Waals surface area contributed by atoms with Crippen LogP contribution in [0.4, 0.5) is 5.69 Å². The van der Waals surface area contributed by atoms with E-state index in [1.54, 1.807) is 12.1 Å². The summed E-state index contributed by atoms with van der Waals surface area (Å²) in [6.45, 7) is 0.290. The second kappa shape index (κ2) is 2.82. The Morgan fingerprint density at radius 1 is 1.70 bits per heavy atom. The number of ether oxygens (including phenoxy) is 1. The van der Waals surface area contributed by atoms with Crippen LogP contribution in [0, 0.1) is 0 Å². The molecular weight excluding hydrogens is 132 g/mol. The molecule has 0 fully saturated rings. The monoisotopic (exact) mass is 138 g/mol. The fraction of sp³-hybridized carbons (Fsp3) is 0. The van der Waals surface area contributed by atoms with Gasteiger partial charge in [0.2, 0.25) is 5.88 Å². The van der Waals surface area contributed by atoms with Gasteiger partial charge in [-0.2, -0.15) is 0 Å². The summed E-state index contributed by atoms with van der Waals surface area (Å²) in [4.78, 5) is 13.5.